The van der Waals surface area contributed by atoms with Crippen molar-refractivity contribution in [2.24, 2.45) is 17.2 Å². The van der Waals surface area contributed by atoms with Crippen molar-refractivity contribution in [1.29, 1.82) is 0 Å². The van der Waals surface area contributed by atoms with Crippen LogP contribution in [0, 0.1) is 6.92 Å². The standard InChI is InChI=1S/C94H114Cl3N13O27/c1-42-10-13-49-29-55(42)71-56(34-54(113)35-61(71)114)74(91(128)129-41-68(116)103-27-9-26-102-25-8-24-98)108-90(127)76-80(135-69-37-93(5,100)83(120)44(3)130-69)51-19-23-63(58(97)31-51)133-65-33-52-32-64(81(65)137-92-82(79(119)78(118)66(40-111)134-92)136-70-38-94(6,84(121)45(4)131-70)104-39-46-11-14-47(15-12-46)48-16-20-53(95)21-17-48)132-62-22-18-50(30-57(62)96)77(117)75(109-85(122)59(101-7)28-43(2)112)89(126)105-60(36-67(99)115)86(123)106-73(52)88(125)107-72(49)87(124)110-76/h10-23,29-35,43-45,59-60,66,69-70,72-80,82-84,92,101-102,104,111-114,117-121H,8-9,24-28,36-41,98,100H2,1-7H3,(H2,99,115)(H,103,116)(H,105,126)(H,106,123)(H,107,125)(H,108,127)(H,109,122)(H,110,124)/t43?,44-,45-,59+,60-,66+,69-,70-,72+,73+,74+,75+,76-,77+,78+,79-,80+,82+,83-,84-,92-,93-,94-/m0/s1. The van der Waals surface area contributed by atoms with Crippen molar-refractivity contribution >= 4 is 88.0 Å². The lowest BCUT2D eigenvalue weighted by Crippen LogP contribution is -2.65. The van der Waals surface area contributed by atoms with E-state index >= 15 is 28.8 Å². The molecule has 1 unspecified atom stereocenters. The van der Waals surface area contributed by atoms with Gasteiger partial charge in [0, 0.05) is 59.2 Å². The van der Waals surface area contributed by atoms with Gasteiger partial charge in [-0.15, -0.1) is 0 Å². The second-order valence-electron chi connectivity index (χ2n) is 35.3. The molecule has 0 aromatic heterocycles. The quantitative estimate of drug-likeness (QED) is 0.0248. The number of aliphatic hydroxyl groups is 7. The molecule has 8 aliphatic heterocycles. The third kappa shape index (κ3) is 24.5. The third-order valence-corrected chi connectivity index (χ3v) is 25.6. The van der Waals surface area contributed by atoms with Gasteiger partial charge in [0.1, 0.15) is 83.7 Å². The van der Waals surface area contributed by atoms with Crippen LogP contribution in [0.25, 0.3) is 22.3 Å². The number of carbonyl (C=O) groups excluding carboxylic acids is 9. The molecule has 137 heavy (non-hydrogen) atoms. The summed E-state index contributed by atoms with van der Waals surface area (Å²) < 4.78 is 59.1. The number of aromatic hydroxyl groups is 2. The SMILES string of the molecule is CN[C@H](CC(C)O)C(=O)N[C@H]1C(=O)N[C@@H](CC(N)=O)C(=O)N[C@H]2C(=O)N[C@H]3C(=O)N[C@H](C(=O)N[C@@H](C(=O)OCC(=O)NCCCNCCCN)c4cc(O)cc(O)c4-c4cc3ccc4C)[C@H](O[C@H]3C[C@](C)(N)[C@@H](O)[C@H](C)O3)c3ccc(c(Cl)c3)Oc3cc2cc(c3O[C@@H]2O[C@H](CO)[C@@H](O)[C@H](O)[C@H]2O[C@H]2C[C@](C)(NCc3ccc(-c4ccc(Cl)cc4)cc3)[C@@H](O)[C@H](C)O2)Oc2ccc(cc2Cl)[C@H]1O. The number of phenols is 2. The Bertz CT molecular complexity index is 5580. The largest absolute Gasteiger partial charge is 0.508 e. The summed E-state index contributed by atoms with van der Waals surface area (Å²) in [7, 11) is 1.37. The molecule has 7 aromatic carbocycles. The first-order valence-electron chi connectivity index (χ1n) is 44.6. The van der Waals surface area contributed by atoms with E-state index in [0.29, 0.717) is 37.5 Å². The van der Waals surface area contributed by atoms with Gasteiger partial charge in [0.05, 0.1) is 59.6 Å². The number of aryl methyl sites for hydroxylation is 1. The van der Waals surface area contributed by atoms with Crippen LogP contribution in [0.3, 0.4) is 0 Å². The van der Waals surface area contributed by atoms with Gasteiger partial charge in [0.15, 0.2) is 42.8 Å². The summed E-state index contributed by atoms with van der Waals surface area (Å²) in [6, 6.07) is 15.6. The minimum absolute atomic E-state index is 0.0584. The molecule has 738 valence electrons. The van der Waals surface area contributed by atoms with E-state index in [4.69, 9.17) is 94.6 Å². The Balaban J connectivity index is 1.01. The smallest absolute Gasteiger partial charge is 0.333 e. The number of phenolic OH excluding ortho intramolecular Hbond substituents is 2. The van der Waals surface area contributed by atoms with Crippen molar-refractivity contribution in [3.8, 4) is 62.5 Å². The summed E-state index contributed by atoms with van der Waals surface area (Å²) >= 11 is 21.0. The molecular formula is C94H114Cl3N13O27. The maximum Gasteiger partial charge on any atom is 0.333 e. The van der Waals surface area contributed by atoms with Crippen molar-refractivity contribution < 1.29 is 132 Å². The van der Waals surface area contributed by atoms with E-state index in [2.05, 4.69) is 53.2 Å². The number of hydrogen-bond acceptors (Lipinski definition) is 32. The van der Waals surface area contributed by atoms with Crippen molar-refractivity contribution in [2.45, 2.75) is 226 Å². The molecule has 25 N–H and O–H groups in total. The number of ether oxygens (including phenoxy) is 9. The van der Waals surface area contributed by atoms with Gasteiger partial charge in [-0.25, -0.2) is 4.79 Å². The van der Waals surface area contributed by atoms with Crippen LogP contribution in [0.15, 0.2) is 127 Å². The van der Waals surface area contributed by atoms with E-state index in [1.54, 1.807) is 26.0 Å². The van der Waals surface area contributed by atoms with Gasteiger partial charge in [-0.1, -0.05) is 95.5 Å². The third-order valence-electron chi connectivity index (χ3n) is 24.8. The lowest BCUT2D eigenvalue weighted by molar-refractivity contribution is -0.334. The fourth-order valence-electron chi connectivity index (χ4n) is 17.2. The summed E-state index contributed by atoms with van der Waals surface area (Å²) in [6.07, 6.45) is -23.7. The van der Waals surface area contributed by atoms with Crippen molar-refractivity contribution in [3.63, 3.8) is 0 Å². The molecule has 15 rings (SSSR count). The van der Waals surface area contributed by atoms with Gasteiger partial charge >= 0.3 is 5.97 Å². The molecule has 3 fully saturated rings. The van der Waals surface area contributed by atoms with Crippen LogP contribution in [0.1, 0.15) is 142 Å². The number of likely N-dealkylation sites (N-methyl/N-ethyl adjacent to an activating group) is 1. The highest BCUT2D eigenvalue weighted by molar-refractivity contribution is 6.32. The predicted octanol–water partition coefficient (Wildman–Crippen LogP) is 2.73. The number of amides is 8. The molecule has 43 heteroatoms. The number of primary amides is 1. The Hall–Kier alpha value is -11.0. The van der Waals surface area contributed by atoms with Crippen LogP contribution < -0.4 is 84.6 Å². The van der Waals surface area contributed by atoms with Crippen LogP contribution in [0.2, 0.25) is 15.1 Å². The molecule has 11 bridgehead atoms. The number of esters is 1. The van der Waals surface area contributed by atoms with Gasteiger partial charge in [0.25, 0.3) is 5.91 Å². The van der Waals surface area contributed by atoms with Crippen LogP contribution in [0.5, 0.6) is 40.2 Å². The van der Waals surface area contributed by atoms with E-state index in [0.717, 1.165) is 47.0 Å². The molecule has 23 atom stereocenters. The number of fused-ring (bicyclic) bond motifs is 15. The van der Waals surface area contributed by atoms with Gasteiger partial charge in [0.2, 0.25) is 53.4 Å². The molecule has 8 aliphatic rings. The minimum atomic E-state index is -2.40. The zero-order chi connectivity index (χ0) is 98.9. The maximum atomic E-state index is 16.8. The number of halogens is 3. The Morgan fingerprint density at radius 2 is 1.27 bits per heavy atom. The molecule has 8 heterocycles. The van der Waals surface area contributed by atoms with Crippen molar-refractivity contribution in [2.75, 3.05) is 46.4 Å². The van der Waals surface area contributed by atoms with E-state index in [-0.39, 0.29) is 77.0 Å². The second kappa shape index (κ2) is 44.8. The highest BCUT2D eigenvalue weighted by Crippen LogP contribution is 2.51. The normalized spacial score (nSPS) is 28.3. The predicted molar refractivity (Wildman–Crippen MR) is 493 cm³/mol. The first-order valence-corrected chi connectivity index (χ1v) is 45.7. The van der Waals surface area contributed by atoms with Crippen LogP contribution in [-0.4, -0.2) is 255 Å². The Kier molecular flexibility index (Phi) is 33.8. The average Bonchev–Trinajstić information content (AvgIpc) is 0.759. The summed E-state index contributed by atoms with van der Waals surface area (Å²) in [5.74, 6) is -15.5. The van der Waals surface area contributed by atoms with Crippen LogP contribution in [0.4, 0.5) is 0 Å². The molecule has 3 saturated heterocycles. The zero-order valence-electron chi connectivity index (χ0n) is 75.7. The number of aliphatic hydroxyl groups excluding tert-OH is 7. The lowest BCUT2D eigenvalue weighted by atomic mass is 9.84. The molecule has 40 nitrogen and oxygen atoms in total. The Morgan fingerprint density at radius 1 is 0.657 bits per heavy atom. The minimum Gasteiger partial charge on any atom is -0.508 e. The number of carbonyl (C=O) groups is 9. The second-order valence-corrected chi connectivity index (χ2v) is 36.6. The summed E-state index contributed by atoms with van der Waals surface area (Å²) in [5, 5.41) is 133. The Morgan fingerprint density at radius 3 is 1.91 bits per heavy atom. The number of rotatable bonds is 28. The monoisotopic (exact) mass is 1960 g/mol. The summed E-state index contributed by atoms with van der Waals surface area (Å²) in [6.45, 7) is 9.06. The van der Waals surface area contributed by atoms with Gasteiger partial charge < -0.3 is 159 Å². The van der Waals surface area contributed by atoms with Gasteiger partial charge in [-0.05, 0) is 198 Å². The van der Waals surface area contributed by atoms with Crippen LogP contribution in [-0.2, 0) is 78.1 Å². The maximum absolute atomic E-state index is 16.8. The molecule has 0 saturated carbocycles. The van der Waals surface area contributed by atoms with E-state index in [9.17, 15) is 60.3 Å². The fraction of sp³-hybridized carbons (Fsp3) is 0.457. The van der Waals surface area contributed by atoms with E-state index in [1.807, 2.05) is 36.4 Å². The molecule has 0 spiro atoms. The number of hydrogen-bond donors (Lipinski definition) is 22. The molecule has 0 aliphatic carbocycles. The highest BCUT2D eigenvalue weighted by Gasteiger charge is 2.53. The molecule has 8 amide bonds. The van der Waals surface area contributed by atoms with E-state index < -0.39 is 262 Å². The van der Waals surface area contributed by atoms with Gasteiger partial charge in [-0.3, -0.25) is 38.4 Å². The number of benzene rings is 7. The van der Waals surface area contributed by atoms with Crippen molar-refractivity contribution in [1.82, 2.24) is 53.2 Å². The van der Waals surface area contributed by atoms with Gasteiger partial charge in [-0.2, -0.15) is 0 Å². The zero-order valence-corrected chi connectivity index (χ0v) is 77.9. The molecular weight excluding hydrogens is 1850 g/mol. The first-order chi connectivity index (χ1) is 65.1. The summed E-state index contributed by atoms with van der Waals surface area (Å²) in [5.41, 5.74) is 16.5. The Labute approximate surface area is 802 Å². The fourth-order valence-corrected chi connectivity index (χ4v) is 17.8. The number of nitrogens with two attached hydrogens (primary N) is 3. The number of nitrogens with one attached hydrogen (secondary N) is 10. The lowest BCUT2D eigenvalue weighted by Gasteiger charge is -2.48. The highest BCUT2D eigenvalue weighted by atomic mass is 35.5. The first kappa shape index (κ1) is 103. The molecule has 7 aromatic rings. The van der Waals surface area contributed by atoms with E-state index in [1.165, 1.54) is 83.3 Å². The van der Waals surface area contributed by atoms with Crippen molar-refractivity contribution in [3.05, 3.63) is 181 Å². The summed E-state index contributed by atoms with van der Waals surface area (Å²) in [4.78, 5) is 137. The van der Waals surface area contributed by atoms with Crippen LogP contribution >= 0.6 is 34.8 Å². The molecule has 0 radical (unpaired) electrons. The average molecular weight is 1960 g/mol. The topological polar surface area (TPSA) is 617 Å².